The van der Waals surface area contributed by atoms with E-state index in [4.69, 9.17) is 9.84 Å². The molecule has 0 atom stereocenters. The fourth-order valence-electron chi connectivity index (χ4n) is 1.10. The maximum absolute atomic E-state index is 13.0. The van der Waals surface area contributed by atoms with Crippen LogP contribution in [0.1, 0.15) is 30.1 Å². The topological polar surface area (TPSA) is 46.5 Å². The highest BCUT2D eigenvalue weighted by Crippen LogP contribution is 2.16. The van der Waals surface area contributed by atoms with Crippen molar-refractivity contribution in [3.05, 3.63) is 29.6 Å². The Morgan fingerprint density at radius 1 is 1.47 bits per heavy atom. The number of carboxylic acids is 1. The van der Waals surface area contributed by atoms with E-state index in [1.807, 2.05) is 6.92 Å². The Hall–Kier alpha value is -1.58. The van der Waals surface area contributed by atoms with Crippen LogP contribution >= 0.6 is 0 Å². The minimum atomic E-state index is -1.16. The second-order valence-corrected chi connectivity index (χ2v) is 3.18. The van der Waals surface area contributed by atoms with E-state index in [0.717, 1.165) is 18.9 Å². The standard InChI is InChI=1S/C11H13FO3/c1-2-3-4-15-10-6-8(11(13)14)5-9(12)7-10/h5-7H,2-4H2,1H3,(H,13,14). The third-order valence-corrected chi connectivity index (χ3v) is 1.88. The minimum Gasteiger partial charge on any atom is -0.493 e. The molecule has 0 aliphatic rings. The van der Waals surface area contributed by atoms with Gasteiger partial charge in [-0.05, 0) is 18.6 Å². The van der Waals surface area contributed by atoms with Gasteiger partial charge in [-0.15, -0.1) is 0 Å². The van der Waals surface area contributed by atoms with Crippen LogP contribution in [0.5, 0.6) is 5.75 Å². The largest absolute Gasteiger partial charge is 0.493 e. The van der Waals surface area contributed by atoms with Crippen molar-refractivity contribution in [1.29, 1.82) is 0 Å². The molecular formula is C11H13FO3. The highest BCUT2D eigenvalue weighted by Gasteiger charge is 2.07. The first-order valence-electron chi connectivity index (χ1n) is 4.80. The van der Waals surface area contributed by atoms with Crippen molar-refractivity contribution in [2.45, 2.75) is 19.8 Å². The van der Waals surface area contributed by atoms with Gasteiger partial charge in [-0.25, -0.2) is 9.18 Å². The predicted octanol–water partition coefficient (Wildman–Crippen LogP) is 2.70. The first-order valence-corrected chi connectivity index (χ1v) is 4.80. The van der Waals surface area contributed by atoms with Gasteiger partial charge in [-0.3, -0.25) is 0 Å². The summed E-state index contributed by atoms with van der Waals surface area (Å²) >= 11 is 0. The molecular weight excluding hydrogens is 199 g/mol. The molecule has 3 nitrogen and oxygen atoms in total. The van der Waals surface area contributed by atoms with Gasteiger partial charge in [0.1, 0.15) is 11.6 Å². The second kappa shape index (κ2) is 5.34. The average Bonchev–Trinajstić information content (AvgIpc) is 2.17. The molecule has 0 spiro atoms. The molecule has 0 unspecified atom stereocenters. The van der Waals surface area contributed by atoms with Crippen LogP contribution in [0.3, 0.4) is 0 Å². The van der Waals surface area contributed by atoms with Crippen LogP contribution in [0, 0.1) is 5.82 Å². The predicted molar refractivity (Wildman–Crippen MR) is 53.8 cm³/mol. The van der Waals surface area contributed by atoms with Crippen LogP contribution < -0.4 is 4.74 Å². The summed E-state index contributed by atoms with van der Waals surface area (Å²) in [5.74, 6) is -1.49. The fourth-order valence-corrected chi connectivity index (χ4v) is 1.10. The summed E-state index contributed by atoms with van der Waals surface area (Å²) in [6, 6.07) is 3.47. The molecule has 0 saturated heterocycles. The van der Waals surface area contributed by atoms with Crippen LogP contribution in [0.2, 0.25) is 0 Å². The van der Waals surface area contributed by atoms with Gasteiger partial charge in [0.2, 0.25) is 0 Å². The SMILES string of the molecule is CCCCOc1cc(F)cc(C(=O)O)c1. The highest BCUT2D eigenvalue weighted by atomic mass is 19.1. The highest BCUT2D eigenvalue weighted by molar-refractivity contribution is 5.88. The molecule has 4 heteroatoms. The summed E-state index contributed by atoms with van der Waals surface area (Å²) in [6.07, 6.45) is 1.83. The summed E-state index contributed by atoms with van der Waals surface area (Å²) in [5, 5.41) is 8.68. The smallest absolute Gasteiger partial charge is 0.335 e. The summed E-state index contributed by atoms with van der Waals surface area (Å²) in [6.45, 7) is 2.48. The number of aromatic carboxylic acids is 1. The van der Waals surface area contributed by atoms with Gasteiger partial charge < -0.3 is 9.84 Å². The molecule has 1 aromatic rings. The number of carbonyl (C=O) groups is 1. The number of halogens is 1. The quantitative estimate of drug-likeness (QED) is 0.763. The Balaban J connectivity index is 2.75. The third-order valence-electron chi connectivity index (χ3n) is 1.88. The Kier molecular flexibility index (Phi) is 4.09. The normalized spacial score (nSPS) is 10.0. The van der Waals surface area contributed by atoms with Crippen LogP contribution in [0.15, 0.2) is 18.2 Å². The lowest BCUT2D eigenvalue weighted by Crippen LogP contribution is -2.01. The van der Waals surface area contributed by atoms with E-state index < -0.39 is 11.8 Å². The fraction of sp³-hybridized carbons (Fsp3) is 0.364. The van der Waals surface area contributed by atoms with Gasteiger partial charge in [0.05, 0.1) is 12.2 Å². The number of benzene rings is 1. The van der Waals surface area contributed by atoms with Crippen molar-refractivity contribution in [2.75, 3.05) is 6.61 Å². The Morgan fingerprint density at radius 2 is 2.20 bits per heavy atom. The molecule has 82 valence electrons. The zero-order valence-corrected chi connectivity index (χ0v) is 8.50. The van der Waals surface area contributed by atoms with Gasteiger partial charge in [0.15, 0.2) is 0 Å². The number of rotatable bonds is 5. The number of ether oxygens (including phenoxy) is 1. The number of carboxylic acid groups (broad SMARTS) is 1. The molecule has 0 heterocycles. The van der Waals surface area contributed by atoms with E-state index in [1.165, 1.54) is 12.1 Å². The van der Waals surface area contributed by atoms with Gasteiger partial charge in [-0.1, -0.05) is 13.3 Å². The monoisotopic (exact) mass is 212 g/mol. The van der Waals surface area contributed by atoms with E-state index in [9.17, 15) is 9.18 Å². The second-order valence-electron chi connectivity index (χ2n) is 3.18. The lowest BCUT2D eigenvalue weighted by atomic mass is 10.2. The molecule has 0 radical (unpaired) electrons. The Morgan fingerprint density at radius 3 is 2.80 bits per heavy atom. The van der Waals surface area contributed by atoms with Gasteiger partial charge in [-0.2, -0.15) is 0 Å². The molecule has 0 saturated carbocycles. The Labute approximate surface area is 87.5 Å². The van der Waals surface area contributed by atoms with Crippen molar-refractivity contribution in [3.63, 3.8) is 0 Å². The molecule has 0 aliphatic heterocycles. The van der Waals surface area contributed by atoms with E-state index in [1.54, 1.807) is 0 Å². The minimum absolute atomic E-state index is 0.0958. The van der Waals surface area contributed by atoms with Crippen LogP contribution in [-0.2, 0) is 0 Å². The summed E-state index contributed by atoms with van der Waals surface area (Å²) in [4.78, 5) is 10.6. The van der Waals surface area contributed by atoms with E-state index >= 15 is 0 Å². The lowest BCUT2D eigenvalue weighted by Gasteiger charge is -2.06. The maximum Gasteiger partial charge on any atom is 0.335 e. The van der Waals surface area contributed by atoms with Gasteiger partial charge >= 0.3 is 5.97 Å². The van der Waals surface area contributed by atoms with E-state index in [-0.39, 0.29) is 11.3 Å². The molecule has 1 N–H and O–H groups in total. The van der Waals surface area contributed by atoms with Crippen LogP contribution in [0.4, 0.5) is 4.39 Å². The third kappa shape index (κ3) is 3.58. The van der Waals surface area contributed by atoms with Crippen molar-refractivity contribution < 1.29 is 19.0 Å². The van der Waals surface area contributed by atoms with Gasteiger partial charge in [0, 0.05) is 6.07 Å². The zero-order chi connectivity index (χ0) is 11.3. The summed E-state index contributed by atoms with van der Waals surface area (Å²) in [5.41, 5.74) is -0.0958. The molecule has 0 fully saturated rings. The van der Waals surface area contributed by atoms with E-state index in [2.05, 4.69) is 0 Å². The Bertz CT molecular complexity index is 350. The molecule has 0 amide bonds. The van der Waals surface area contributed by atoms with Crippen molar-refractivity contribution in [3.8, 4) is 5.75 Å². The lowest BCUT2D eigenvalue weighted by molar-refractivity contribution is 0.0695. The first kappa shape index (κ1) is 11.5. The average molecular weight is 212 g/mol. The molecule has 0 aromatic heterocycles. The van der Waals surface area contributed by atoms with Crippen molar-refractivity contribution in [1.82, 2.24) is 0 Å². The maximum atomic E-state index is 13.0. The van der Waals surface area contributed by atoms with Crippen LogP contribution in [-0.4, -0.2) is 17.7 Å². The van der Waals surface area contributed by atoms with Crippen molar-refractivity contribution >= 4 is 5.97 Å². The molecule has 1 rings (SSSR count). The molecule has 15 heavy (non-hydrogen) atoms. The molecule has 1 aromatic carbocycles. The summed E-state index contributed by atoms with van der Waals surface area (Å²) in [7, 11) is 0. The molecule has 0 bridgehead atoms. The summed E-state index contributed by atoms with van der Waals surface area (Å²) < 4.78 is 18.2. The number of hydrogen-bond acceptors (Lipinski definition) is 2. The first-order chi connectivity index (χ1) is 7.13. The van der Waals surface area contributed by atoms with Crippen molar-refractivity contribution in [2.24, 2.45) is 0 Å². The molecule has 0 aliphatic carbocycles. The number of unbranched alkanes of at least 4 members (excludes halogenated alkanes) is 1. The van der Waals surface area contributed by atoms with Gasteiger partial charge in [0.25, 0.3) is 0 Å². The number of hydrogen-bond donors (Lipinski definition) is 1. The van der Waals surface area contributed by atoms with Crippen LogP contribution in [0.25, 0.3) is 0 Å². The zero-order valence-electron chi connectivity index (χ0n) is 8.50. The van der Waals surface area contributed by atoms with E-state index in [0.29, 0.717) is 6.61 Å².